The van der Waals surface area contributed by atoms with Crippen LogP contribution in [0.15, 0.2) is 66.7 Å². The normalized spacial score (nSPS) is 17.6. The SMILES string of the molecule is Cc1ccnc(-c2cc(/C(C#N)=C/C=C3/C=C(C(F)(F)F)c4cc5c6c(c4O3)CCCN6CCC5)ccn2)c1. The van der Waals surface area contributed by atoms with Gasteiger partial charge in [-0.15, -0.1) is 0 Å². The Morgan fingerprint density at radius 3 is 2.54 bits per heavy atom. The molecule has 1 aromatic carbocycles. The number of rotatable bonds is 3. The zero-order valence-electron chi connectivity index (χ0n) is 21.3. The Balaban J connectivity index is 1.41. The lowest BCUT2D eigenvalue weighted by Gasteiger charge is -2.39. The van der Waals surface area contributed by atoms with E-state index in [-0.39, 0.29) is 22.6 Å². The molecule has 5 nitrogen and oxygen atoms in total. The number of alkyl halides is 3. The van der Waals surface area contributed by atoms with Crippen LogP contribution in [0.3, 0.4) is 0 Å². The van der Waals surface area contributed by atoms with Crippen molar-refractivity contribution in [2.45, 2.75) is 38.8 Å². The number of nitriles is 1. The number of ether oxygens (including phenoxy) is 1. The summed E-state index contributed by atoms with van der Waals surface area (Å²) in [6.45, 7) is 3.77. The number of hydrogen-bond acceptors (Lipinski definition) is 5. The van der Waals surface area contributed by atoms with Gasteiger partial charge in [-0.25, -0.2) is 0 Å². The van der Waals surface area contributed by atoms with Gasteiger partial charge in [-0.2, -0.15) is 18.4 Å². The molecule has 0 saturated heterocycles. The van der Waals surface area contributed by atoms with Crippen LogP contribution >= 0.6 is 0 Å². The van der Waals surface area contributed by atoms with Crippen molar-refractivity contribution in [1.29, 1.82) is 5.26 Å². The molecule has 0 spiro atoms. The highest BCUT2D eigenvalue weighted by Gasteiger charge is 2.41. The molecule has 5 heterocycles. The Bertz CT molecular complexity index is 1610. The number of hydrogen-bond donors (Lipinski definition) is 0. The summed E-state index contributed by atoms with van der Waals surface area (Å²) in [5, 5.41) is 9.88. The Labute approximate surface area is 224 Å². The molecule has 0 bridgehead atoms. The van der Waals surface area contributed by atoms with Gasteiger partial charge in [0.1, 0.15) is 11.5 Å². The quantitative estimate of drug-likeness (QED) is 0.345. The van der Waals surface area contributed by atoms with Gasteiger partial charge in [-0.05, 0) is 97.9 Å². The van der Waals surface area contributed by atoms with Gasteiger partial charge >= 0.3 is 6.18 Å². The van der Waals surface area contributed by atoms with Gasteiger partial charge in [0.25, 0.3) is 0 Å². The molecule has 2 aromatic heterocycles. The molecule has 0 aliphatic carbocycles. The predicted octanol–water partition coefficient (Wildman–Crippen LogP) is 6.98. The van der Waals surface area contributed by atoms with Gasteiger partial charge in [0.05, 0.1) is 28.6 Å². The van der Waals surface area contributed by atoms with E-state index in [9.17, 15) is 18.4 Å². The van der Waals surface area contributed by atoms with Crippen molar-refractivity contribution in [3.63, 3.8) is 0 Å². The summed E-state index contributed by atoms with van der Waals surface area (Å²) >= 11 is 0. The monoisotopic (exact) mass is 526 g/mol. The van der Waals surface area contributed by atoms with Crippen LogP contribution in [0.5, 0.6) is 5.75 Å². The van der Waals surface area contributed by atoms with Crippen molar-refractivity contribution >= 4 is 16.8 Å². The van der Waals surface area contributed by atoms with E-state index in [1.165, 1.54) is 12.2 Å². The van der Waals surface area contributed by atoms with Gasteiger partial charge in [-0.1, -0.05) is 0 Å². The highest BCUT2D eigenvalue weighted by Crippen LogP contribution is 2.50. The number of anilines is 1. The third-order valence-corrected chi connectivity index (χ3v) is 7.36. The maximum Gasteiger partial charge on any atom is 0.417 e. The molecular formula is C31H25F3N4O. The topological polar surface area (TPSA) is 62.0 Å². The smallest absolute Gasteiger partial charge is 0.417 e. The number of fused-ring (bicyclic) bond motifs is 2. The molecular weight excluding hydrogens is 501 g/mol. The van der Waals surface area contributed by atoms with E-state index in [1.807, 2.05) is 19.1 Å². The third-order valence-electron chi connectivity index (χ3n) is 7.36. The summed E-state index contributed by atoms with van der Waals surface area (Å²) in [7, 11) is 0. The number of aryl methyl sites for hydroxylation is 2. The van der Waals surface area contributed by atoms with Gasteiger partial charge in [0.2, 0.25) is 0 Å². The van der Waals surface area contributed by atoms with Crippen LogP contribution in [0.1, 0.15) is 40.7 Å². The summed E-state index contributed by atoms with van der Waals surface area (Å²) in [5.74, 6) is 0.325. The van der Waals surface area contributed by atoms with Crippen LogP contribution in [0, 0.1) is 18.3 Å². The molecule has 3 aromatic rings. The van der Waals surface area contributed by atoms with E-state index in [0.29, 0.717) is 23.4 Å². The summed E-state index contributed by atoms with van der Waals surface area (Å²) < 4.78 is 49.0. The molecule has 0 fully saturated rings. The molecule has 0 unspecified atom stereocenters. The van der Waals surface area contributed by atoms with Crippen LogP contribution in [0.4, 0.5) is 18.9 Å². The number of aromatic nitrogens is 2. The first-order valence-electron chi connectivity index (χ1n) is 12.9. The van der Waals surface area contributed by atoms with Crippen LogP contribution in [0.25, 0.3) is 22.5 Å². The second kappa shape index (κ2) is 9.73. The molecule has 39 heavy (non-hydrogen) atoms. The minimum absolute atomic E-state index is 0.0429. The highest BCUT2D eigenvalue weighted by atomic mass is 19.4. The second-order valence-corrected chi connectivity index (χ2v) is 10.0. The largest absolute Gasteiger partial charge is 0.456 e. The molecule has 6 rings (SSSR count). The molecule has 3 aliphatic heterocycles. The fourth-order valence-corrected chi connectivity index (χ4v) is 5.61. The summed E-state index contributed by atoms with van der Waals surface area (Å²) in [6.07, 6.45) is 5.92. The van der Waals surface area contributed by atoms with Gasteiger partial charge in [0.15, 0.2) is 0 Å². The fraction of sp³-hybridized carbons (Fsp3) is 0.258. The van der Waals surface area contributed by atoms with E-state index in [2.05, 4.69) is 20.9 Å². The zero-order valence-corrected chi connectivity index (χ0v) is 21.3. The zero-order chi connectivity index (χ0) is 27.1. The van der Waals surface area contributed by atoms with Crippen LogP contribution in [-0.4, -0.2) is 29.2 Å². The van der Waals surface area contributed by atoms with E-state index in [4.69, 9.17) is 4.74 Å². The Morgan fingerprint density at radius 1 is 1.05 bits per heavy atom. The Morgan fingerprint density at radius 2 is 1.79 bits per heavy atom. The summed E-state index contributed by atoms with van der Waals surface area (Å²) in [5.41, 5.74) is 5.38. The van der Waals surface area contributed by atoms with E-state index < -0.39 is 11.7 Å². The fourth-order valence-electron chi connectivity index (χ4n) is 5.61. The lowest BCUT2D eigenvalue weighted by atomic mass is 9.86. The number of pyridine rings is 2. The first-order chi connectivity index (χ1) is 18.8. The van der Waals surface area contributed by atoms with Crippen molar-refractivity contribution in [2.75, 3.05) is 18.0 Å². The van der Waals surface area contributed by atoms with Crippen molar-refractivity contribution in [1.82, 2.24) is 9.97 Å². The van der Waals surface area contributed by atoms with E-state index in [0.717, 1.165) is 60.8 Å². The van der Waals surface area contributed by atoms with E-state index in [1.54, 1.807) is 30.6 Å². The average Bonchev–Trinajstić information content (AvgIpc) is 2.93. The highest BCUT2D eigenvalue weighted by molar-refractivity contribution is 5.85. The Kier molecular flexibility index (Phi) is 6.22. The van der Waals surface area contributed by atoms with Gasteiger partial charge < -0.3 is 9.64 Å². The minimum Gasteiger partial charge on any atom is -0.456 e. The average molecular weight is 527 g/mol. The molecule has 0 N–H and O–H groups in total. The van der Waals surface area contributed by atoms with Crippen LogP contribution < -0.4 is 9.64 Å². The summed E-state index contributed by atoms with van der Waals surface area (Å²) in [4.78, 5) is 11.0. The molecule has 0 saturated carbocycles. The Hall–Kier alpha value is -4.38. The first kappa shape index (κ1) is 24.9. The molecule has 3 aliphatic rings. The van der Waals surface area contributed by atoms with Crippen molar-refractivity contribution < 1.29 is 17.9 Å². The standard InChI is InChI=1S/C31H25F3N4O/c1-19-8-10-36-27(14-19)28-16-20(9-11-37-28)22(18-35)6-7-23-17-26(31(32,33)34)25-15-21-4-2-12-38-13-3-5-24(29(21)38)30(25)39-23/h6-11,14-17H,2-5,12-13H2,1H3/b22-6+,23-7-. The molecule has 0 amide bonds. The molecule has 0 radical (unpaired) electrons. The van der Waals surface area contributed by atoms with E-state index >= 15 is 0 Å². The van der Waals surface area contributed by atoms with Crippen LogP contribution in [0.2, 0.25) is 0 Å². The third kappa shape index (κ3) is 4.69. The number of benzene rings is 1. The number of allylic oxidation sites excluding steroid dienone is 5. The van der Waals surface area contributed by atoms with Crippen molar-refractivity contribution in [3.8, 4) is 23.2 Å². The number of nitrogens with zero attached hydrogens (tertiary/aromatic N) is 4. The van der Waals surface area contributed by atoms with Crippen molar-refractivity contribution in [3.05, 3.63) is 94.5 Å². The van der Waals surface area contributed by atoms with Gasteiger partial charge in [-0.3, -0.25) is 9.97 Å². The maximum atomic E-state index is 14.3. The number of halogens is 3. The lowest BCUT2D eigenvalue weighted by molar-refractivity contribution is -0.0694. The maximum absolute atomic E-state index is 14.3. The second-order valence-electron chi connectivity index (χ2n) is 10.0. The molecule has 8 heteroatoms. The van der Waals surface area contributed by atoms with Gasteiger partial charge in [0, 0.05) is 42.3 Å². The lowest BCUT2D eigenvalue weighted by Crippen LogP contribution is -2.35. The predicted molar refractivity (Wildman–Crippen MR) is 144 cm³/mol. The first-order valence-corrected chi connectivity index (χ1v) is 12.9. The van der Waals surface area contributed by atoms with Crippen molar-refractivity contribution in [2.24, 2.45) is 0 Å². The van der Waals surface area contributed by atoms with Crippen LogP contribution in [-0.2, 0) is 12.8 Å². The minimum atomic E-state index is -4.55. The molecule has 196 valence electrons. The summed E-state index contributed by atoms with van der Waals surface area (Å²) in [6, 6.07) is 11.0. The molecule has 0 atom stereocenters.